The van der Waals surface area contributed by atoms with E-state index in [2.05, 4.69) is 5.32 Å². The molecule has 1 atom stereocenters. The first-order valence-corrected chi connectivity index (χ1v) is 8.00. The van der Waals surface area contributed by atoms with Gasteiger partial charge in [0.15, 0.2) is 6.10 Å². The summed E-state index contributed by atoms with van der Waals surface area (Å²) in [7, 11) is 0. The van der Waals surface area contributed by atoms with E-state index in [1.165, 1.54) is 19.3 Å². The minimum Gasteiger partial charge on any atom is -0.493 e. The molecule has 0 saturated heterocycles. The van der Waals surface area contributed by atoms with Crippen LogP contribution in [0.3, 0.4) is 0 Å². The molecular weight excluding hydrogens is 322 g/mol. The molecule has 0 spiro atoms. The zero-order valence-corrected chi connectivity index (χ0v) is 14.2. The smallest absolute Gasteiger partial charge is 0.331 e. The van der Waals surface area contributed by atoms with E-state index >= 15 is 0 Å². The maximum Gasteiger partial charge on any atom is 0.331 e. The highest BCUT2D eigenvalue weighted by molar-refractivity contribution is 5.90. The number of amides is 1. The van der Waals surface area contributed by atoms with Gasteiger partial charge in [0, 0.05) is 11.6 Å². The first kappa shape index (κ1) is 18.3. The number of rotatable bonds is 8. The molecule has 0 saturated carbocycles. The van der Waals surface area contributed by atoms with E-state index < -0.39 is 18.0 Å². The van der Waals surface area contributed by atoms with Crippen LogP contribution in [0.4, 0.5) is 0 Å². The number of nitrogens with one attached hydrogen (secondary N) is 1. The number of ether oxygens (including phenoxy) is 2. The van der Waals surface area contributed by atoms with Gasteiger partial charge in [0.1, 0.15) is 11.5 Å². The Morgan fingerprint density at radius 1 is 1.24 bits per heavy atom. The van der Waals surface area contributed by atoms with E-state index in [1.807, 2.05) is 31.2 Å². The Labute approximate surface area is 146 Å². The molecule has 0 radical (unpaired) electrons. The van der Waals surface area contributed by atoms with Gasteiger partial charge in [-0.25, -0.2) is 4.79 Å². The summed E-state index contributed by atoms with van der Waals surface area (Å²) in [4.78, 5) is 23.8. The van der Waals surface area contributed by atoms with Gasteiger partial charge in [-0.15, -0.1) is 0 Å². The van der Waals surface area contributed by atoms with E-state index in [0.717, 1.165) is 5.56 Å². The van der Waals surface area contributed by atoms with Crippen LogP contribution in [-0.2, 0) is 20.9 Å². The lowest BCUT2D eigenvalue weighted by atomic mass is 10.2. The molecule has 0 aliphatic carbocycles. The van der Waals surface area contributed by atoms with Crippen LogP contribution in [0.5, 0.6) is 5.75 Å². The van der Waals surface area contributed by atoms with Crippen molar-refractivity contribution in [3.63, 3.8) is 0 Å². The average molecular weight is 343 g/mol. The first-order valence-electron chi connectivity index (χ1n) is 8.00. The van der Waals surface area contributed by atoms with Crippen molar-refractivity contribution in [1.82, 2.24) is 5.32 Å². The number of furan rings is 1. The quantitative estimate of drug-likeness (QED) is 0.589. The van der Waals surface area contributed by atoms with E-state index in [9.17, 15) is 9.59 Å². The molecular formula is C19H21NO5. The summed E-state index contributed by atoms with van der Waals surface area (Å²) >= 11 is 0. The highest BCUT2D eigenvalue weighted by Crippen LogP contribution is 2.19. The number of para-hydroxylation sites is 1. The summed E-state index contributed by atoms with van der Waals surface area (Å²) in [5.41, 5.74) is 0.760. The van der Waals surface area contributed by atoms with E-state index in [4.69, 9.17) is 13.9 Å². The molecule has 2 rings (SSSR count). The third-order valence-electron chi connectivity index (χ3n) is 3.30. The fraction of sp³-hybridized carbons (Fsp3) is 0.263. The Balaban J connectivity index is 1.85. The number of benzene rings is 1. The van der Waals surface area contributed by atoms with Gasteiger partial charge in [0.25, 0.3) is 5.91 Å². The lowest BCUT2D eigenvalue weighted by molar-refractivity contribution is -0.150. The Kier molecular flexibility index (Phi) is 6.83. The second-order valence-corrected chi connectivity index (χ2v) is 5.18. The maximum absolute atomic E-state index is 11.9. The Bertz CT molecular complexity index is 721. The summed E-state index contributed by atoms with van der Waals surface area (Å²) in [6, 6.07) is 10.8. The summed E-state index contributed by atoms with van der Waals surface area (Å²) in [5.74, 6) is 0.303. The second kappa shape index (κ2) is 9.32. The van der Waals surface area contributed by atoms with Crippen molar-refractivity contribution < 1.29 is 23.5 Å². The molecule has 0 aliphatic heterocycles. The zero-order valence-electron chi connectivity index (χ0n) is 14.2. The Hall–Kier alpha value is -3.02. The van der Waals surface area contributed by atoms with E-state index in [1.54, 1.807) is 18.2 Å². The number of carbonyl (C=O) groups is 2. The van der Waals surface area contributed by atoms with Crippen molar-refractivity contribution in [3.05, 3.63) is 60.1 Å². The minimum absolute atomic E-state index is 0.241. The third-order valence-corrected chi connectivity index (χ3v) is 3.30. The highest BCUT2D eigenvalue weighted by Gasteiger charge is 2.16. The molecule has 0 unspecified atom stereocenters. The monoisotopic (exact) mass is 343 g/mol. The van der Waals surface area contributed by atoms with Gasteiger partial charge in [-0.3, -0.25) is 4.79 Å². The SMILES string of the molecule is CCOc1ccccc1/C=C/C(=O)O[C@@H](C)C(=O)NCc1ccco1. The van der Waals surface area contributed by atoms with Crippen molar-refractivity contribution in [2.24, 2.45) is 0 Å². The topological polar surface area (TPSA) is 77.8 Å². The Morgan fingerprint density at radius 3 is 2.76 bits per heavy atom. The van der Waals surface area contributed by atoms with Crippen molar-refractivity contribution in [3.8, 4) is 5.75 Å². The summed E-state index contributed by atoms with van der Waals surface area (Å²) in [6.07, 6.45) is 3.49. The molecule has 6 nitrogen and oxygen atoms in total. The first-order chi connectivity index (χ1) is 12.1. The predicted molar refractivity (Wildman–Crippen MR) is 92.8 cm³/mol. The average Bonchev–Trinajstić information content (AvgIpc) is 3.12. The molecule has 1 heterocycles. The predicted octanol–water partition coefficient (Wildman–Crippen LogP) is 2.94. The third kappa shape index (κ3) is 5.84. The van der Waals surface area contributed by atoms with Crippen LogP contribution in [0.25, 0.3) is 6.08 Å². The number of hydrogen-bond donors (Lipinski definition) is 1. The van der Waals surface area contributed by atoms with E-state index in [0.29, 0.717) is 18.1 Å². The lowest BCUT2D eigenvalue weighted by Gasteiger charge is -2.11. The maximum atomic E-state index is 11.9. The molecule has 25 heavy (non-hydrogen) atoms. The molecule has 1 amide bonds. The van der Waals surface area contributed by atoms with Gasteiger partial charge >= 0.3 is 5.97 Å². The highest BCUT2D eigenvalue weighted by atomic mass is 16.5. The largest absolute Gasteiger partial charge is 0.493 e. The van der Waals surface area contributed by atoms with Crippen LogP contribution >= 0.6 is 0 Å². The van der Waals surface area contributed by atoms with E-state index in [-0.39, 0.29) is 6.54 Å². The molecule has 1 aromatic heterocycles. The summed E-state index contributed by atoms with van der Waals surface area (Å²) in [5, 5.41) is 2.64. The van der Waals surface area contributed by atoms with Gasteiger partial charge in [-0.05, 0) is 38.1 Å². The van der Waals surface area contributed by atoms with Gasteiger partial charge in [-0.1, -0.05) is 18.2 Å². The lowest BCUT2D eigenvalue weighted by Crippen LogP contribution is -2.35. The minimum atomic E-state index is -0.908. The molecule has 6 heteroatoms. The molecule has 0 aliphatic rings. The van der Waals surface area contributed by atoms with Crippen molar-refractivity contribution in [1.29, 1.82) is 0 Å². The number of esters is 1. The van der Waals surface area contributed by atoms with Crippen LogP contribution in [0.2, 0.25) is 0 Å². The summed E-state index contributed by atoms with van der Waals surface area (Å²) < 4.78 is 15.7. The van der Waals surface area contributed by atoms with Crippen molar-refractivity contribution in [2.75, 3.05) is 6.61 Å². The molecule has 0 fully saturated rings. The Morgan fingerprint density at radius 2 is 2.04 bits per heavy atom. The van der Waals surface area contributed by atoms with Gasteiger partial charge < -0.3 is 19.2 Å². The number of hydrogen-bond acceptors (Lipinski definition) is 5. The van der Waals surface area contributed by atoms with Crippen molar-refractivity contribution >= 4 is 18.0 Å². The zero-order chi connectivity index (χ0) is 18.1. The summed E-state index contributed by atoms with van der Waals surface area (Å²) in [6.45, 7) is 4.17. The second-order valence-electron chi connectivity index (χ2n) is 5.18. The fourth-order valence-corrected chi connectivity index (χ4v) is 2.06. The van der Waals surface area contributed by atoms with Gasteiger partial charge in [0.05, 0.1) is 19.4 Å². The molecule has 132 valence electrons. The molecule has 1 N–H and O–H groups in total. The van der Waals surface area contributed by atoms with Gasteiger partial charge in [-0.2, -0.15) is 0 Å². The van der Waals surface area contributed by atoms with Crippen LogP contribution in [0.15, 0.2) is 53.2 Å². The fourth-order valence-electron chi connectivity index (χ4n) is 2.06. The van der Waals surface area contributed by atoms with Gasteiger partial charge in [0.2, 0.25) is 0 Å². The molecule has 0 bridgehead atoms. The van der Waals surface area contributed by atoms with Crippen LogP contribution in [-0.4, -0.2) is 24.6 Å². The van der Waals surface area contributed by atoms with Crippen molar-refractivity contribution in [2.45, 2.75) is 26.5 Å². The number of carbonyl (C=O) groups excluding carboxylic acids is 2. The van der Waals surface area contributed by atoms with Crippen LogP contribution in [0.1, 0.15) is 25.2 Å². The molecule has 2 aromatic rings. The van der Waals surface area contributed by atoms with Crippen LogP contribution in [0, 0.1) is 0 Å². The standard InChI is InChI=1S/C19H21NO5/c1-3-23-17-9-5-4-7-15(17)10-11-18(21)25-14(2)19(22)20-13-16-8-6-12-24-16/h4-12,14H,3,13H2,1-2H3,(H,20,22)/b11-10+/t14-/m0/s1. The van der Waals surface area contributed by atoms with Crippen LogP contribution < -0.4 is 10.1 Å². The molecule has 1 aromatic carbocycles. The normalized spacial score (nSPS) is 11.9.